The predicted octanol–water partition coefficient (Wildman–Crippen LogP) is 9.47. The van der Waals surface area contributed by atoms with E-state index in [9.17, 15) is 4.79 Å². The summed E-state index contributed by atoms with van der Waals surface area (Å²) in [5.41, 5.74) is 1.37. The van der Waals surface area contributed by atoms with Crippen molar-refractivity contribution >= 4 is 22.6 Å². The number of carbonyl (C=O) groups excluding carboxylic acids is 1. The van der Waals surface area contributed by atoms with Crippen molar-refractivity contribution in [2.75, 3.05) is 0 Å². The fourth-order valence-electron chi connectivity index (χ4n) is 5.69. The van der Waals surface area contributed by atoms with E-state index in [0.717, 1.165) is 44.9 Å². The number of fused-ring (bicyclic) bond motifs is 1. The molecule has 2 aliphatic rings. The third-order valence-corrected chi connectivity index (χ3v) is 19.3. The first-order chi connectivity index (χ1) is 18.5. The first kappa shape index (κ1) is 33.3. The van der Waals surface area contributed by atoms with Crippen molar-refractivity contribution in [3.63, 3.8) is 0 Å². The van der Waals surface area contributed by atoms with Crippen LogP contribution in [0.15, 0.2) is 42.5 Å². The van der Waals surface area contributed by atoms with Crippen LogP contribution in [0.1, 0.15) is 92.1 Å². The van der Waals surface area contributed by atoms with Gasteiger partial charge in [-0.2, -0.15) is 0 Å². The van der Waals surface area contributed by atoms with Crippen LogP contribution in [0.25, 0.3) is 0 Å². The summed E-state index contributed by atoms with van der Waals surface area (Å²) in [6.45, 7) is 23.4. The van der Waals surface area contributed by atoms with E-state index in [1.54, 1.807) is 0 Å². The molecule has 1 fully saturated rings. The first-order valence-electron chi connectivity index (χ1n) is 15.7. The number of carbonyl (C=O) groups is 1. The Labute approximate surface area is 247 Å². The van der Waals surface area contributed by atoms with Gasteiger partial charge in [0.15, 0.2) is 16.6 Å². The van der Waals surface area contributed by atoms with Gasteiger partial charge in [0.25, 0.3) is 0 Å². The highest BCUT2D eigenvalue weighted by molar-refractivity contribution is 6.74. The fourth-order valence-corrected chi connectivity index (χ4v) is 8.49. The predicted molar refractivity (Wildman–Crippen MR) is 173 cm³/mol. The molecule has 40 heavy (non-hydrogen) atoms. The molecule has 1 aromatic carbocycles. The molecule has 0 amide bonds. The molecule has 1 heterocycles. The molecule has 1 aliphatic heterocycles. The number of hydrogen-bond donors (Lipinski definition) is 0. The van der Waals surface area contributed by atoms with Gasteiger partial charge in [-0.15, -0.1) is 0 Å². The zero-order valence-corrected chi connectivity index (χ0v) is 29.2. The lowest BCUT2D eigenvalue weighted by atomic mass is 9.85. The maximum atomic E-state index is 12.6. The molecule has 0 spiro atoms. The molecule has 0 bridgehead atoms. The third-order valence-electron chi connectivity index (χ3n) is 10.3. The summed E-state index contributed by atoms with van der Waals surface area (Å²) >= 11 is 0. The van der Waals surface area contributed by atoms with Gasteiger partial charge in [-0.1, -0.05) is 84.0 Å². The Hall–Kier alpha value is -1.22. The van der Waals surface area contributed by atoms with Gasteiger partial charge in [-0.05, 0) is 86.3 Å². The number of ether oxygens (including phenoxy) is 1. The van der Waals surface area contributed by atoms with Gasteiger partial charge in [0.05, 0.1) is 6.10 Å². The van der Waals surface area contributed by atoms with Crippen LogP contribution < -0.4 is 0 Å². The Bertz CT molecular complexity index is 974. The summed E-state index contributed by atoms with van der Waals surface area (Å²) in [7, 11) is -3.92. The van der Waals surface area contributed by atoms with Crippen LogP contribution in [0.3, 0.4) is 0 Å². The molecule has 1 saturated carbocycles. The van der Waals surface area contributed by atoms with Crippen molar-refractivity contribution in [2.24, 2.45) is 11.8 Å². The average Bonchev–Trinajstić information content (AvgIpc) is 3.17. The van der Waals surface area contributed by atoms with Gasteiger partial charge in [0, 0.05) is 24.9 Å². The highest BCUT2D eigenvalue weighted by Gasteiger charge is 2.49. The molecular weight excluding hydrogens is 529 g/mol. The fraction of sp³-hybridized carbons (Fsp3) is 0.735. The van der Waals surface area contributed by atoms with Crippen molar-refractivity contribution in [2.45, 2.75) is 147 Å². The van der Waals surface area contributed by atoms with Crippen molar-refractivity contribution in [1.29, 1.82) is 0 Å². The molecule has 226 valence electrons. The molecule has 0 aromatic heterocycles. The van der Waals surface area contributed by atoms with E-state index in [2.05, 4.69) is 110 Å². The van der Waals surface area contributed by atoms with E-state index in [0.29, 0.717) is 18.3 Å². The van der Waals surface area contributed by atoms with Crippen molar-refractivity contribution in [3.05, 3.63) is 48.0 Å². The van der Waals surface area contributed by atoms with Crippen molar-refractivity contribution < 1.29 is 18.4 Å². The Morgan fingerprint density at radius 2 is 1.57 bits per heavy atom. The molecule has 0 N–H and O–H groups in total. The molecule has 0 radical (unpaired) electrons. The molecule has 0 saturated heterocycles. The highest BCUT2D eigenvalue weighted by atomic mass is 28.4. The van der Waals surface area contributed by atoms with Crippen LogP contribution >= 0.6 is 0 Å². The summed E-state index contributed by atoms with van der Waals surface area (Å²) < 4.78 is 20.3. The van der Waals surface area contributed by atoms with Gasteiger partial charge in [0.1, 0.15) is 6.10 Å². The second-order valence-corrected chi connectivity index (χ2v) is 24.9. The normalized spacial score (nSPS) is 26.3. The molecule has 4 nitrogen and oxygen atoms in total. The Kier molecular flexibility index (Phi) is 11.1. The Morgan fingerprint density at radius 3 is 2.20 bits per heavy atom. The van der Waals surface area contributed by atoms with E-state index in [4.69, 9.17) is 13.6 Å². The number of rotatable bonds is 10. The maximum Gasteiger partial charge on any atom is 0.306 e. The van der Waals surface area contributed by atoms with Crippen LogP contribution in [0.2, 0.25) is 36.3 Å². The Morgan fingerprint density at radius 1 is 0.925 bits per heavy atom. The van der Waals surface area contributed by atoms with E-state index in [1.165, 1.54) is 5.56 Å². The van der Waals surface area contributed by atoms with Gasteiger partial charge in [-0.25, -0.2) is 0 Å². The van der Waals surface area contributed by atoms with Crippen LogP contribution in [-0.2, 0) is 24.8 Å². The summed E-state index contributed by atoms with van der Waals surface area (Å²) in [5.74, 6) is 0.600. The summed E-state index contributed by atoms with van der Waals surface area (Å²) in [6, 6.07) is 10.8. The number of allylic oxidation sites excluding steroid dienone is 2. The molecule has 5 atom stereocenters. The van der Waals surface area contributed by atoms with Crippen LogP contribution in [0, 0.1) is 11.8 Å². The summed E-state index contributed by atoms with van der Waals surface area (Å²) in [5, 5.41) is 0.304. The zero-order chi connectivity index (χ0) is 29.8. The monoisotopic (exact) mass is 586 g/mol. The maximum absolute atomic E-state index is 12.6. The third kappa shape index (κ3) is 8.89. The number of benzene rings is 1. The zero-order valence-electron chi connectivity index (χ0n) is 27.2. The molecule has 3 rings (SSSR count). The lowest BCUT2D eigenvalue weighted by molar-refractivity contribution is -0.151. The smallest absolute Gasteiger partial charge is 0.306 e. The SMILES string of the molecule is CC(C)(C)[Si](C)(C)O[C@@H](CCc1ccccc1)CC[C@@H]1[C@H]2C/C=C\CCC(=O)O[C@H]2C[C@H]1O[Si](C)(C)C(C)(C)C. The minimum absolute atomic E-state index is 0.0564. The topological polar surface area (TPSA) is 44.8 Å². The minimum atomic E-state index is -1.99. The van der Waals surface area contributed by atoms with Gasteiger partial charge in [-0.3, -0.25) is 4.79 Å². The summed E-state index contributed by atoms with van der Waals surface area (Å²) in [4.78, 5) is 12.6. The summed E-state index contributed by atoms with van der Waals surface area (Å²) in [6.07, 6.45) is 11.9. The van der Waals surface area contributed by atoms with Gasteiger partial charge in [0.2, 0.25) is 0 Å². The Balaban J connectivity index is 1.85. The average molecular weight is 587 g/mol. The largest absolute Gasteiger partial charge is 0.462 e. The molecular formula is C34H58O4Si2. The molecule has 1 aliphatic carbocycles. The van der Waals surface area contributed by atoms with Crippen LogP contribution in [0.4, 0.5) is 0 Å². The van der Waals surface area contributed by atoms with E-state index < -0.39 is 16.6 Å². The first-order valence-corrected chi connectivity index (χ1v) is 21.6. The van der Waals surface area contributed by atoms with Crippen LogP contribution in [-0.4, -0.2) is 40.9 Å². The van der Waals surface area contributed by atoms with Gasteiger partial charge < -0.3 is 13.6 Å². The quantitative estimate of drug-likeness (QED) is 0.156. The van der Waals surface area contributed by atoms with Crippen LogP contribution in [0.5, 0.6) is 0 Å². The molecule has 0 unspecified atom stereocenters. The van der Waals surface area contributed by atoms with Crippen molar-refractivity contribution in [1.82, 2.24) is 0 Å². The molecule has 1 aromatic rings. The number of esters is 1. The highest BCUT2D eigenvalue weighted by Crippen LogP contribution is 2.47. The lowest BCUT2D eigenvalue weighted by Crippen LogP contribution is -2.45. The second kappa shape index (κ2) is 13.4. The second-order valence-electron chi connectivity index (χ2n) is 15.4. The molecule has 6 heteroatoms. The lowest BCUT2D eigenvalue weighted by Gasteiger charge is -2.41. The number of aryl methyl sites for hydroxylation is 1. The van der Waals surface area contributed by atoms with Gasteiger partial charge >= 0.3 is 5.97 Å². The van der Waals surface area contributed by atoms with E-state index in [1.807, 2.05) is 0 Å². The van der Waals surface area contributed by atoms with E-state index >= 15 is 0 Å². The minimum Gasteiger partial charge on any atom is -0.462 e. The van der Waals surface area contributed by atoms with E-state index in [-0.39, 0.29) is 34.4 Å². The standard InChI is InChI=1S/C34H58O4Si2/c1-33(2,3)39(7,8)37-27(22-21-26-17-13-11-14-18-26)23-24-29-28-19-15-12-16-20-32(35)36-30(28)25-31(29)38-40(9,10)34(4,5)6/h11-15,17-18,27-31H,16,19-25H2,1-10H3/b15-12-/t27-,28+,29+,30-,31+/m0/s1. The van der Waals surface area contributed by atoms with Crippen molar-refractivity contribution in [3.8, 4) is 0 Å². The number of hydrogen-bond acceptors (Lipinski definition) is 4.